The summed E-state index contributed by atoms with van der Waals surface area (Å²) < 4.78 is 16.7. The van der Waals surface area contributed by atoms with Gasteiger partial charge >= 0.3 is 17.9 Å². The van der Waals surface area contributed by atoms with E-state index in [4.69, 9.17) is 14.2 Å². The zero-order valence-corrected chi connectivity index (χ0v) is 41.4. The molecule has 0 rings (SSSR count). The summed E-state index contributed by atoms with van der Waals surface area (Å²) in [6.45, 7) is 6.57. The molecule has 0 aliphatic rings. The molecular formula is C56H102O6. The van der Waals surface area contributed by atoms with Crippen molar-refractivity contribution in [3.63, 3.8) is 0 Å². The van der Waals surface area contributed by atoms with E-state index in [0.717, 1.165) is 83.5 Å². The van der Waals surface area contributed by atoms with E-state index in [0.29, 0.717) is 19.3 Å². The van der Waals surface area contributed by atoms with Crippen molar-refractivity contribution in [2.45, 2.75) is 290 Å². The molecular weight excluding hydrogens is 769 g/mol. The summed E-state index contributed by atoms with van der Waals surface area (Å²) in [5, 5.41) is 0. The van der Waals surface area contributed by atoms with Gasteiger partial charge < -0.3 is 14.2 Å². The highest BCUT2D eigenvalue weighted by Gasteiger charge is 2.19. The number of hydrogen-bond acceptors (Lipinski definition) is 6. The third kappa shape index (κ3) is 48.7. The predicted molar refractivity (Wildman–Crippen MR) is 266 cm³/mol. The van der Waals surface area contributed by atoms with Crippen LogP contribution in [0.25, 0.3) is 0 Å². The Hall–Kier alpha value is -2.37. The number of allylic oxidation sites excluding steroid dienone is 6. The third-order valence-corrected chi connectivity index (χ3v) is 11.9. The number of ether oxygens (including phenoxy) is 3. The van der Waals surface area contributed by atoms with Gasteiger partial charge in [0.2, 0.25) is 0 Å². The highest BCUT2D eigenvalue weighted by Crippen LogP contribution is 2.16. The lowest BCUT2D eigenvalue weighted by molar-refractivity contribution is -0.167. The van der Waals surface area contributed by atoms with Crippen molar-refractivity contribution in [3.8, 4) is 0 Å². The van der Waals surface area contributed by atoms with Crippen molar-refractivity contribution in [1.29, 1.82) is 0 Å². The number of carbonyl (C=O) groups excluding carboxylic acids is 3. The van der Waals surface area contributed by atoms with E-state index in [9.17, 15) is 14.4 Å². The monoisotopic (exact) mass is 871 g/mol. The van der Waals surface area contributed by atoms with Gasteiger partial charge in [-0.3, -0.25) is 14.4 Å². The standard InChI is InChI=1S/C56H102O6/c1-4-7-10-13-15-17-19-21-23-25-26-27-28-29-30-31-33-34-36-38-40-43-46-49-55(58)61-52-53(51-60-54(57)48-45-42-12-9-6-3)62-56(59)50-47-44-41-39-37-35-32-24-22-20-18-16-14-11-8-5-2/h19,21,25-26,28-29,53H,4-18,20,22-24,27,30-52H2,1-3H3/b21-19-,26-25-,29-28-. The highest BCUT2D eigenvalue weighted by molar-refractivity contribution is 5.71. The van der Waals surface area contributed by atoms with E-state index in [1.54, 1.807) is 0 Å². The van der Waals surface area contributed by atoms with Gasteiger partial charge in [0.25, 0.3) is 0 Å². The van der Waals surface area contributed by atoms with Crippen LogP contribution in [0.3, 0.4) is 0 Å². The van der Waals surface area contributed by atoms with Gasteiger partial charge in [0, 0.05) is 19.3 Å². The van der Waals surface area contributed by atoms with Crippen LogP contribution in [0.1, 0.15) is 284 Å². The fraction of sp³-hybridized carbons (Fsp3) is 0.839. The van der Waals surface area contributed by atoms with Gasteiger partial charge in [-0.1, -0.05) is 243 Å². The Labute approximate surface area is 385 Å². The third-order valence-electron chi connectivity index (χ3n) is 11.9. The minimum atomic E-state index is -0.768. The number of esters is 3. The molecule has 0 saturated heterocycles. The number of carbonyl (C=O) groups is 3. The molecule has 1 atom stereocenters. The molecule has 0 radical (unpaired) electrons. The van der Waals surface area contributed by atoms with Crippen LogP contribution in [0, 0.1) is 0 Å². The maximum Gasteiger partial charge on any atom is 0.306 e. The van der Waals surface area contributed by atoms with Gasteiger partial charge in [-0.25, -0.2) is 0 Å². The summed E-state index contributed by atoms with van der Waals surface area (Å²) in [7, 11) is 0. The topological polar surface area (TPSA) is 78.9 Å². The minimum Gasteiger partial charge on any atom is -0.462 e. The Morgan fingerprint density at radius 3 is 0.903 bits per heavy atom. The van der Waals surface area contributed by atoms with Crippen molar-refractivity contribution in [1.82, 2.24) is 0 Å². The lowest BCUT2D eigenvalue weighted by Gasteiger charge is -2.18. The van der Waals surface area contributed by atoms with Gasteiger partial charge in [-0.2, -0.15) is 0 Å². The maximum atomic E-state index is 12.7. The summed E-state index contributed by atoms with van der Waals surface area (Å²) in [6, 6.07) is 0. The molecule has 1 unspecified atom stereocenters. The van der Waals surface area contributed by atoms with Crippen LogP contribution in [-0.2, 0) is 28.6 Å². The van der Waals surface area contributed by atoms with Gasteiger partial charge in [0.15, 0.2) is 6.10 Å². The van der Waals surface area contributed by atoms with E-state index >= 15 is 0 Å². The molecule has 0 aromatic rings. The van der Waals surface area contributed by atoms with Crippen molar-refractivity contribution in [2.75, 3.05) is 13.2 Å². The fourth-order valence-electron chi connectivity index (χ4n) is 7.80. The van der Waals surface area contributed by atoms with E-state index < -0.39 is 6.10 Å². The second kappa shape index (κ2) is 51.3. The molecule has 0 N–H and O–H groups in total. The van der Waals surface area contributed by atoms with Gasteiger partial charge in [-0.15, -0.1) is 0 Å². The van der Waals surface area contributed by atoms with Gasteiger partial charge in [-0.05, 0) is 57.8 Å². The van der Waals surface area contributed by atoms with Gasteiger partial charge in [0.1, 0.15) is 13.2 Å². The summed E-state index contributed by atoms with van der Waals surface area (Å²) in [6.07, 6.45) is 60.3. The lowest BCUT2D eigenvalue weighted by atomic mass is 10.0. The van der Waals surface area contributed by atoms with Crippen LogP contribution >= 0.6 is 0 Å². The second-order valence-electron chi connectivity index (χ2n) is 18.2. The maximum absolute atomic E-state index is 12.7. The van der Waals surface area contributed by atoms with Crippen molar-refractivity contribution in [3.05, 3.63) is 36.5 Å². The molecule has 362 valence electrons. The molecule has 0 amide bonds. The summed E-state index contributed by atoms with van der Waals surface area (Å²) in [5.74, 6) is -0.881. The first-order valence-electron chi connectivity index (χ1n) is 27.0. The molecule has 0 aliphatic heterocycles. The van der Waals surface area contributed by atoms with Crippen LogP contribution in [-0.4, -0.2) is 37.2 Å². The molecule has 0 bridgehead atoms. The Bertz CT molecular complexity index is 1050. The number of hydrogen-bond donors (Lipinski definition) is 0. The summed E-state index contributed by atoms with van der Waals surface area (Å²) >= 11 is 0. The van der Waals surface area contributed by atoms with Gasteiger partial charge in [0.05, 0.1) is 0 Å². The average Bonchev–Trinajstić information content (AvgIpc) is 3.27. The fourth-order valence-corrected chi connectivity index (χ4v) is 7.80. The Morgan fingerprint density at radius 1 is 0.323 bits per heavy atom. The van der Waals surface area contributed by atoms with E-state index in [1.807, 2.05) is 0 Å². The molecule has 6 heteroatoms. The van der Waals surface area contributed by atoms with Crippen LogP contribution in [0.2, 0.25) is 0 Å². The van der Waals surface area contributed by atoms with E-state index in [2.05, 4.69) is 57.2 Å². The smallest absolute Gasteiger partial charge is 0.306 e. The molecule has 0 heterocycles. The molecule has 62 heavy (non-hydrogen) atoms. The van der Waals surface area contributed by atoms with Crippen molar-refractivity contribution < 1.29 is 28.6 Å². The minimum absolute atomic E-state index is 0.0726. The molecule has 0 aromatic heterocycles. The second-order valence-corrected chi connectivity index (χ2v) is 18.2. The predicted octanol–water partition coefficient (Wildman–Crippen LogP) is 17.7. The Kier molecular flexibility index (Phi) is 49.3. The number of unbranched alkanes of at least 4 members (excludes halogenated alkanes) is 32. The first kappa shape index (κ1) is 59.6. The molecule has 0 aromatic carbocycles. The van der Waals surface area contributed by atoms with E-state index in [1.165, 1.54) is 161 Å². The summed E-state index contributed by atoms with van der Waals surface area (Å²) in [5.41, 5.74) is 0. The van der Waals surface area contributed by atoms with Crippen LogP contribution in [0.4, 0.5) is 0 Å². The zero-order chi connectivity index (χ0) is 45.1. The molecule has 0 saturated carbocycles. The molecule has 6 nitrogen and oxygen atoms in total. The van der Waals surface area contributed by atoms with Crippen molar-refractivity contribution >= 4 is 17.9 Å². The Balaban J connectivity index is 4.11. The molecule has 0 fully saturated rings. The van der Waals surface area contributed by atoms with Crippen LogP contribution in [0.15, 0.2) is 36.5 Å². The van der Waals surface area contributed by atoms with E-state index in [-0.39, 0.29) is 31.1 Å². The average molecular weight is 871 g/mol. The van der Waals surface area contributed by atoms with Crippen LogP contribution in [0.5, 0.6) is 0 Å². The first-order chi connectivity index (χ1) is 30.5. The van der Waals surface area contributed by atoms with Crippen molar-refractivity contribution in [2.24, 2.45) is 0 Å². The highest BCUT2D eigenvalue weighted by atomic mass is 16.6. The van der Waals surface area contributed by atoms with Crippen LogP contribution < -0.4 is 0 Å². The number of rotatable bonds is 49. The first-order valence-corrected chi connectivity index (χ1v) is 27.0. The zero-order valence-electron chi connectivity index (χ0n) is 41.4. The Morgan fingerprint density at radius 2 is 0.581 bits per heavy atom. The lowest BCUT2D eigenvalue weighted by Crippen LogP contribution is -2.30. The summed E-state index contributed by atoms with van der Waals surface area (Å²) in [4.78, 5) is 37.7. The molecule has 0 spiro atoms. The normalized spacial score (nSPS) is 12.2. The molecule has 0 aliphatic carbocycles. The SMILES string of the molecule is CCCCCCC/C=C\C/C=C\C/C=C\CCCCCCCCCCC(=O)OCC(COC(=O)CCCCCCC)OC(=O)CCCCCCCCCCCCCCCCCC. The largest absolute Gasteiger partial charge is 0.462 e. The quantitative estimate of drug-likeness (QED) is 0.0262.